The molecule has 1 aromatic heterocycles. The van der Waals surface area contributed by atoms with Gasteiger partial charge in [0.15, 0.2) is 0 Å². The third-order valence-electron chi connectivity index (χ3n) is 5.92. The lowest BCUT2D eigenvalue weighted by Gasteiger charge is -2.21. The molecule has 164 valence electrons. The maximum atomic E-state index is 4.89. The zero-order valence-electron chi connectivity index (χ0n) is 19.8. The first-order valence-corrected chi connectivity index (χ1v) is 11.6. The normalized spacial score (nSPS) is 12.7. The van der Waals surface area contributed by atoms with E-state index in [4.69, 9.17) is 4.98 Å². The first-order chi connectivity index (χ1) is 15.0. The van der Waals surface area contributed by atoms with Crippen molar-refractivity contribution in [2.75, 3.05) is 25.0 Å². The maximum Gasteiger partial charge on any atom is 0.0730 e. The first-order valence-electron chi connectivity index (χ1n) is 11.6. The molecule has 0 aliphatic heterocycles. The molecule has 0 fully saturated rings. The topological polar surface area (TPSA) is 28.2 Å². The van der Waals surface area contributed by atoms with Gasteiger partial charge in [0.05, 0.1) is 11.2 Å². The van der Waals surface area contributed by atoms with Gasteiger partial charge >= 0.3 is 0 Å². The van der Waals surface area contributed by atoms with Crippen LogP contribution in [0.2, 0.25) is 0 Å². The Labute approximate surface area is 188 Å². The molecule has 3 rings (SSSR count). The van der Waals surface area contributed by atoms with Crippen molar-refractivity contribution >= 4 is 28.7 Å². The number of aromatic nitrogens is 1. The van der Waals surface area contributed by atoms with E-state index in [0.29, 0.717) is 6.04 Å². The minimum absolute atomic E-state index is 0.413. The molecule has 0 radical (unpaired) electrons. The molecule has 31 heavy (non-hydrogen) atoms. The molecule has 1 unspecified atom stereocenters. The molecule has 1 heterocycles. The number of anilines is 1. The quantitative estimate of drug-likeness (QED) is 0.388. The minimum atomic E-state index is 0.413. The molecule has 0 saturated carbocycles. The van der Waals surface area contributed by atoms with Gasteiger partial charge in [-0.05, 0) is 83.1 Å². The van der Waals surface area contributed by atoms with Gasteiger partial charge in [-0.2, -0.15) is 0 Å². The zero-order valence-corrected chi connectivity index (χ0v) is 19.8. The smallest absolute Gasteiger partial charge is 0.0730 e. The van der Waals surface area contributed by atoms with Crippen LogP contribution in [0, 0.1) is 13.8 Å². The van der Waals surface area contributed by atoms with Gasteiger partial charge in [0, 0.05) is 17.1 Å². The standard InChI is InChI=1S/C28H37N3/c1-6-31(7-2)18-8-9-23(5)29-28-20-25(16-15-24-13-10-21(3)11-14-24)30-27-17-12-22(4)19-26(27)28/h10-17,19-20,23H,6-9,18H2,1-5H3,(H,29,30)/b16-15+. The van der Waals surface area contributed by atoms with Gasteiger partial charge in [-0.3, -0.25) is 0 Å². The Morgan fingerprint density at radius 1 is 0.935 bits per heavy atom. The highest BCUT2D eigenvalue weighted by Gasteiger charge is 2.09. The number of nitrogens with one attached hydrogen (secondary N) is 1. The Kier molecular flexibility index (Phi) is 8.25. The predicted molar refractivity (Wildman–Crippen MR) is 137 cm³/mol. The second kappa shape index (κ2) is 11.1. The number of hydrogen-bond donors (Lipinski definition) is 1. The van der Waals surface area contributed by atoms with Gasteiger partial charge in [0.1, 0.15) is 0 Å². The molecule has 0 spiro atoms. The minimum Gasteiger partial charge on any atom is -0.382 e. The summed E-state index contributed by atoms with van der Waals surface area (Å²) in [6.45, 7) is 14.4. The highest BCUT2D eigenvalue weighted by molar-refractivity contribution is 5.93. The van der Waals surface area contributed by atoms with E-state index in [1.807, 2.05) is 0 Å². The highest BCUT2D eigenvalue weighted by Crippen LogP contribution is 2.26. The molecular weight excluding hydrogens is 378 g/mol. The number of pyridine rings is 1. The molecule has 0 aliphatic rings. The fourth-order valence-electron chi connectivity index (χ4n) is 3.92. The average Bonchev–Trinajstić information content (AvgIpc) is 2.77. The summed E-state index contributed by atoms with van der Waals surface area (Å²) in [5.41, 5.74) is 6.92. The van der Waals surface area contributed by atoms with E-state index in [0.717, 1.165) is 30.7 Å². The zero-order chi connectivity index (χ0) is 22.2. The number of aryl methyl sites for hydroxylation is 2. The second-order valence-electron chi connectivity index (χ2n) is 8.57. The Morgan fingerprint density at radius 2 is 1.65 bits per heavy atom. The number of hydrogen-bond acceptors (Lipinski definition) is 3. The van der Waals surface area contributed by atoms with Crippen LogP contribution in [0.5, 0.6) is 0 Å². The van der Waals surface area contributed by atoms with Gasteiger partial charge in [-0.15, -0.1) is 0 Å². The lowest BCUT2D eigenvalue weighted by Crippen LogP contribution is -2.25. The van der Waals surface area contributed by atoms with Crippen LogP contribution in [0.25, 0.3) is 23.1 Å². The lowest BCUT2D eigenvalue weighted by molar-refractivity contribution is 0.295. The van der Waals surface area contributed by atoms with Crippen molar-refractivity contribution in [1.29, 1.82) is 0 Å². The summed E-state index contributed by atoms with van der Waals surface area (Å²) in [4.78, 5) is 7.38. The highest BCUT2D eigenvalue weighted by atomic mass is 15.1. The summed E-state index contributed by atoms with van der Waals surface area (Å²) < 4.78 is 0. The SMILES string of the molecule is CCN(CC)CCCC(C)Nc1cc(/C=C/c2ccc(C)cc2)nc2ccc(C)cc12. The van der Waals surface area contributed by atoms with E-state index in [2.05, 4.69) is 106 Å². The van der Waals surface area contributed by atoms with E-state index in [9.17, 15) is 0 Å². The van der Waals surface area contributed by atoms with Crippen molar-refractivity contribution in [2.24, 2.45) is 0 Å². The molecule has 0 amide bonds. The maximum absolute atomic E-state index is 4.89. The Bertz CT molecular complexity index is 1000. The molecule has 1 N–H and O–H groups in total. The first kappa shape index (κ1) is 23.0. The summed E-state index contributed by atoms with van der Waals surface area (Å²) in [7, 11) is 0. The summed E-state index contributed by atoms with van der Waals surface area (Å²) in [6.07, 6.45) is 6.61. The molecule has 3 heteroatoms. The van der Waals surface area contributed by atoms with Crippen LogP contribution in [-0.2, 0) is 0 Å². The van der Waals surface area contributed by atoms with Gasteiger partial charge < -0.3 is 10.2 Å². The van der Waals surface area contributed by atoms with Gasteiger partial charge in [-0.1, -0.05) is 61.4 Å². The van der Waals surface area contributed by atoms with Crippen molar-refractivity contribution in [3.05, 3.63) is 70.9 Å². The van der Waals surface area contributed by atoms with Gasteiger partial charge in [0.25, 0.3) is 0 Å². The van der Waals surface area contributed by atoms with E-state index in [1.165, 1.54) is 40.7 Å². The Hall–Kier alpha value is -2.65. The van der Waals surface area contributed by atoms with E-state index >= 15 is 0 Å². The monoisotopic (exact) mass is 415 g/mol. The average molecular weight is 416 g/mol. The van der Waals surface area contributed by atoms with E-state index in [-0.39, 0.29) is 0 Å². The summed E-state index contributed by atoms with van der Waals surface area (Å²) >= 11 is 0. The van der Waals surface area contributed by atoms with Crippen LogP contribution in [0.15, 0.2) is 48.5 Å². The summed E-state index contributed by atoms with van der Waals surface area (Å²) in [6, 6.07) is 17.7. The van der Waals surface area contributed by atoms with Crippen LogP contribution in [0.4, 0.5) is 5.69 Å². The molecule has 3 nitrogen and oxygen atoms in total. The molecule has 0 bridgehead atoms. The Balaban J connectivity index is 1.79. The molecule has 2 aromatic carbocycles. The third-order valence-corrected chi connectivity index (χ3v) is 5.92. The largest absolute Gasteiger partial charge is 0.382 e. The third kappa shape index (κ3) is 6.67. The van der Waals surface area contributed by atoms with Crippen LogP contribution >= 0.6 is 0 Å². The van der Waals surface area contributed by atoms with E-state index < -0.39 is 0 Å². The molecule has 0 saturated heterocycles. The number of rotatable bonds is 10. The molecular formula is C28H37N3. The van der Waals surface area contributed by atoms with Crippen molar-refractivity contribution in [3.8, 4) is 0 Å². The second-order valence-corrected chi connectivity index (χ2v) is 8.57. The van der Waals surface area contributed by atoms with Gasteiger partial charge in [0.2, 0.25) is 0 Å². The van der Waals surface area contributed by atoms with E-state index in [1.54, 1.807) is 0 Å². The number of nitrogens with zero attached hydrogens (tertiary/aromatic N) is 2. The number of benzene rings is 2. The van der Waals surface area contributed by atoms with Crippen LogP contribution in [0.3, 0.4) is 0 Å². The van der Waals surface area contributed by atoms with Crippen molar-refractivity contribution < 1.29 is 0 Å². The summed E-state index contributed by atoms with van der Waals surface area (Å²) in [5.74, 6) is 0. The van der Waals surface area contributed by atoms with Crippen LogP contribution in [-0.4, -0.2) is 35.6 Å². The van der Waals surface area contributed by atoms with Crippen LogP contribution in [0.1, 0.15) is 56.0 Å². The fraction of sp³-hybridized carbons (Fsp3) is 0.393. The lowest BCUT2D eigenvalue weighted by atomic mass is 10.1. The summed E-state index contributed by atoms with van der Waals surface area (Å²) in [5, 5.41) is 4.97. The molecule has 1 atom stereocenters. The predicted octanol–water partition coefficient (Wildman–Crippen LogP) is 6.94. The van der Waals surface area contributed by atoms with Crippen molar-refractivity contribution in [1.82, 2.24) is 9.88 Å². The van der Waals surface area contributed by atoms with Crippen molar-refractivity contribution in [3.63, 3.8) is 0 Å². The van der Waals surface area contributed by atoms with Gasteiger partial charge in [-0.25, -0.2) is 4.98 Å². The van der Waals surface area contributed by atoms with Crippen LogP contribution < -0.4 is 5.32 Å². The number of fused-ring (bicyclic) bond motifs is 1. The Morgan fingerprint density at radius 3 is 2.35 bits per heavy atom. The molecule has 3 aromatic rings. The molecule has 0 aliphatic carbocycles. The fourth-order valence-corrected chi connectivity index (χ4v) is 3.92. The van der Waals surface area contributed by atoms with Crippen molar-refractivity contribution in [2.45, 2.75) is 53.5 Å².